The molecule has 0 aliphatic carbocycles. The van der Waals surface area contributed by atoms with Crippen LogP contribution in [0.4, 0.5) is 0 Å². The number of para-hydroxylation sites is 1. The van der Waals surface area contributed by atoms with Crippen LogP contribution >= 0.6 is 11.8 Å². The third-order valence-corrected chi connectivity index (χ3v) is 6.00. The van der Waals surface area contributed by atoms with Crippen LogP contribution in [-0.2, 0) is 4.79 Å². The number of carbonyl (C=O) groups is 1. The second kappa shape index (κ2) is 10.2. The summed E-state index contributed by atoms with van der Waals surface area (Å²) in [6, 6.07) is 20.2. The molecule has 1 saturated heterocycles. The summed E-state index contributed by atoms with van der Waals surface area (Å²) in [5, 5.41) is 8.91. The summed E-state index contributed by atoms with van der Waals surface area (Å²) < 4.78 is 1.91. The van der Waals surface area contributed by atoms with Crippen LogP contribution in [0.3, 0.4) is 0 Å². The molecule has 0 atom stereocenters. The highest BCUT2D eigenvalue weighted by Gasteiger charge is 2.21. The van der Waals surface area contributed by atoms with Crippen LogP contribution in [0.2, 0.25) is 0 Å². The Bertz CT molecular complexity index is 966. The summed E-state index contributed by atoms with van der Waals surface area (Å²) in [5.41, 5.74) is 2.21. The zero-order valence-corrected chi connectivity index (χ0v) is 17.6. The van der Waals surface area contributed by atoms with Gasteiger partial charge in [0.05, 0.1) is 5.75 Å². The second-order valence-corrected chi connectivity index (χ2v) is 8.04. The van der Waals surface area contributed by atoms with Gasteiger partial charge in [0.25, 0.3) is 0 Å². The van der Waals surface area contributed by atoms with E-state index in [0.29, 0.717) is 5.75 Å². The number of carbonyl (C=O) groups excluding carboxylic acids is 1. The number of aromatic nitrogens is 3. The highest BCUT2D eigenvalue weighted by atomic mass is 32.2. The lowest BCUT2D eigenvalue weighted by atomic mass is 10.2. The fourth-order valence-electron chi connectivity index (χ4n) is 3.39. The molecule has 0 unspecified atom stereocenters. The Morgan fingerprint density at radius 2 is 1.67 bits per heavy atom. The first-order valence-electron chi connectivity index (χ1n) is 10.1. The molecule has 1 aliphatic rings. The van der Waals surface area contributed by atoms with Gasteiger partial charge in [-0.15, -0.1) is 10.2 Å². The van der Waals surface area contributed by atoms with Crippen LogP contribution < -0.4 is 0 Å². The summed E-state index contributed by atoms with van der Waals surface area (Å²) in [5.74, 6) is 0.529. The van der Waals surface area contributed by atoms with E-state index in [9.17, 15) is 4.79 Å². The van der Waals surface area contributed by atoms with Gasteiger partial charge in [0.2, 0.25) is 5.91 Å². The topological polar surface area (TPSA) is 54.3 Å². The highest BCUT2D eigenvalue weighted by molar-refractivity contribution is 7.99. The lowest BCUT2D eigenvalue weighted by molar-refractivity contribution is -0.130. The van der Waals surface area contributed by atoms with E-state index in [1.54, 1.807) is 6.33 Å². The summed E-state index contributed by atoms with van der Waals surface area (Å²) in [4.78, 5) is 17.0. The summed E-state index contributed by atoms with van der Waals surface area (Å²) in [7, 11) is 0. The quantitative estimate of drug-likeness (QED) is 0.551. The minimum absolute atomic E-state index is 0.155. The Morgan fingerprint density at radius 3 is 2.40 bits per heavy atom. The van der Waals surface area contributed by atoms with Crippen molar-refractivity contribution in [3.8, 4) is 5.69 Å². The van der Waals surface area contributed by atoms with Crippen molar-refractivity contribution in [2.24, 2.45) is 0 Å². The zero-order chi connectivity index (χ0) is 20.6. The largest absolute Gasteiger partial charge is 0.339 e. The number of hydrogen-bond donors (Lipinski definition) is 0. The first-order valence-corrected chi connectivity index (χ1v) is 11.1. The van der Waals surface area contributed by atoms with E-state index in [-0.39, 0.29) is 5.91 Å². The normalized spacial score (nSPS) is 15.0. The van der Waals surface area contributed by atoms with Gasteiger partial charge in [-0.05, 0) is 17.7 Å². The molecule has 2 aromatic carbocycles. The lowest BCUT2D eigenvalue weighted by Crippen LogP contribution is -2.49. The minimum Gasteiger partial charge on any atom is -0.339 e. The van der Waals surface area contributed by atoms with Crippen molar-refractivity contribution in [2.75, 3.05) is 38.5 Å². The Balaban J connectivity index is 1.23. The van der Waals surface area contributed by atoms with Gasteiger partial charge in [0.15, 0.2) is 5.16 Å². The molecule has 1 aliphatic heterocycles. The van der Waals surface area contributed by atoms with Gasteiger partial charge in [-0.25, -0.2) is 0 Å². The molecule has 30 heavy (non-hydrogen) atoms. The Hall–Kier alpha value is -2.90. The van der Waals surface area contributed by atoms with Crippen molar-refractivity contribution in [1.82, 2.24) is 24.6 Å². The predicted octanol–water partition coefficient (Wildman–Crippen LogP) is 3.22. The number of benzene rings is 2. The van der Waals surface area contributed by atoms with Gasteiger partial charge in [-0.2, -0.15) is 0 Å². The van der Waals surface area contributed by atoms with Crippen molar-refractivity contribution in [2.45, 2.75) is 5.16 Å². The Morgan fingerprint density at radius 1 is 0.967 bits per heavy atom. The molecule has 0 saturated carbocycles. The molecule has 4 rings (SSSR count). The molecule has 154 valence electrons. The number of rotatable bonds is 7. The standard InChI is InChI=1S/C23H25N5OS/c29-22(18-30-23-25-24-19-28(23)21-11-5-2-6-12-21)27-16-14-26(15-17-27)13-7-10-20-8-3-1-4-9-20/h1-12,19H,13-18H2/b10-7+. The number of thioether (sulfide) groups is 1. The van der Waals surface area contributed by atoms with Crippen molar-refractivity contribution in [3.05, 3.63) is 78.6 Å². The molecule has 0 spiro atoms. The molecular weight excluding hydrogens is 394 g/mol. The summed E-state index contributed by atoms with van der Waals surface area (Å²) in [6.07, 6.45) is 6.03. The summed E-state index contributed by atoms with van der Waals surface area (Å²) in [6.45, 7) is 4.24. The summed E-state index contributed by atoms with van der Waals surface area (Å²) >= 11 is 1.44. The fraction of sp³-hybridized carbons (Fsp3) is 0.261. The molecule has 3 aromatic rings. The van der Waals surface area contributed by atoms with Crippen molar-refractivity contribution in [1.29, 1.82) is 0 Å². The number of piperazine rings is 1. The SMILES string of the molecule is O=C(CSc1nncn1-c1ccccc1)N1CCN(C/C=C/c2ccccc2)CC1. The van der Waals surface area contributed by atoms with Crippen LogP contribution in [0.25, 0.3) is 11.8 Å². The highest BCUT2D eigenvalue weighted by Crippen LogP contribution is 2.20. The Kier molecular flexibility index (Phi) is 6.95. The zero-order valence-electron chi connectivity index (χ0n) is 16.8. The monoisotopic (exact) mass is 419 g/mol. The predicted molar refractivity (Wildman–Crippen MR) is 121 cm³/mol. The molecule has 2 heterocycles. The maximum Gasteiger partial charge on any atom is 0.233 e. The maximum absolute atomic E-state index is 12.7. The average molecular weight is 420 g/mol. The molecule has 1 aromatic heterocycles. The van der Waals surface area contributed by atoms with Gasteiger partial charge >= 0.3 is 0 Å². The lowest BCUT2D eigenvalue weighted by Gasteiger charge is -2.34. The molecule has 7 heteroatoms. The first kappa shape index (κ1) is 20.4. The van der Waals surface area contributed by atoms with Crippen LogP contribution in [0, 0.1) is 0 Å². The first-order chi connectivity index (χ1) is 14.8. The molecular formula is C23H25N5OS. The Labute approximate surface area is 181 Å². The van der Waals surface area contributed by atoms with Gasteiger partial charge in [0, 0.05) is 38.4 Å². The van der Waals surface area contributed by atoms with Crippen LogP contribution in [-0.4, -0.2) is 68.9 Å². The van der Waals surface area contributed by atoms with Gasteiger partial charge in [-0.1, -0.05) is 72.4 Å². The molecule has 1 amide bonds. The third kappa shape index (κ3) is 5.37. The molecule has 0 N–H and O–H groups in total. The average Bonchev–Trinajstić information content (AvgIpc) is 3.28. The van der Waals surface area contributed by atoms with E-state index in [2.05, 4.69) is 39.4 Å². The van der Waals surface area contributed by atoms with E-state index < -0.39 is 0 Å². The van der Waals surface area contributed by atoms with E-state index in [0.717, 1.165) is 43.6 Å². The van der Waals surface area contributed by atoms with Crippen molar-refractivity contribution < 1.29 is 4.79 Å². The molecule has 1 fully saturated rings. The van der Waals surface area contributed by atoms with Crippen LogP contribution in [0.1, 0.15) is 5.56 Å². The van der Waals surface area contributed by atoms with E-state index in [4.69, 9.17) is 0 Å². The molecule has 6 nitrogen and oxygen atoms in total. The number of nitrogens with zero attached hydrogens (tertiary/aromatic N) is 5. The van der Waals surface area contributed by atoms with Gasteiger partial charge in [-0.3, -0.25) is 14.3 Å². The van der Waals surface area contributed by atoms with Crippen LogP contribution in [0.5, 0.6) is 0 Å². The van der Waals surface area contributed by atoms with E-state index in [1.807, 2.05) is 58.0 Å². The number of amides is 1. The van der Waals surface area contributed by atoms with Crippen molar-refractivity contribution >= 4 is 23.7 Å². The van der Waals surface area contributed by atoms with E-state index in [1.165, 1.54) is 17.3 Å². The molecule has 0 radical (unpaired) electrons. The maximum atomic E-state index is 12.7. The third-order valence-electron chi connectivity index (χ3n) is 5.07. The smallest absolute Gasteiger partial charge is 0.233 e. The minimum atomic E-state index is 0.155. The van der Waals surface area contributed by atoms with E-state index >= 15 is 0 Å². The second-order valence-electron chi connectivity index (χ2n) is 7.10. The number of hydrogen-bond acceptors (Lipinski definition) is 5. The van der Waals surface area contributed by atoms with Gasteiger partial charge in [0.1, 0.15) is 6.33 Å². The van der Waals surface area contributed by atoms with Gasteiger partial charge < -0.3 is 4.90 Å². The fourth-order valence-corrected chi connectivity index (χ4v) is 4.22. The molecule has 0 bridgehead atoms. The van der Waals surface area contributed by atoms with Crippen molar-refractivity contribution in [3.63, 3.8) is 0 Å². The van der Waals surface area contributed by atoms with Crippen LogP contribution in [0.15, 0.2) is 78.2 Å².